The number of ether oxygens (including phenoxy) is 2. The highest BCUT2D eigenvalue weighted by atomic mass is 16.5. The van der Waals surface area contributed by atoms with Crippen LogP contribution < -0.4 is 10.1 Å². The van der Waals surface area contributed by atoms with Crippen molar-refractivity contribution in [3.8, 4) is 18.1 Å². The van der Waals surface area contributed by atoms with Gasteiger partial charge >= 0.3 is 0 Å². The Morgan fingerprint density at radius 2 is 2.05 bits per heavy atom. The third-order valence-electron chi connectivity index (χ3n) is 2.71. The summed E-state index contributed by atoms with van der Waals surface area (Å²) >= 11 is 0. The summed E-state index contributed by atoms with van der Waals surface area (Å²) in [6.07, 6.45) is 4.59. The van der Waals surface area contributed by atoms with Crippen molar-refractivity contribution in [2.45, 2.75) is 39.0 Å². The Labute approximate surface area is 127 Å². The first-order chi connectivity index (χ1) is 9.92. The average molecular weight is 291 g/mol. The standard InChI is InChI=1S/C17H25NO3/c1-5-10-20-12-14-8-6-7-9-16(14)21-13-15(19)11-18-17(2,3)4/h1,6-9,15,18-19H,10-13H2,2-4H3. The molecule has 0 bridgehead atoms. The predicted molar refractivity (Wildman–Crippen MR) is 84.2 cm³/mol. The number of aliphatic hydroxyl groups excluding tert-OH is 1. The molecule has 0 spiro atoms. The molecule has 1 aromatic rings. The van der Waals surface area contributed by atoms with Gasteiger partial charge in [-0.2, -0.15) is 0 Å². The SMILES string of the molecule is C#CCOCc1ccccc1OCC(O)CNC(C)(C)C. The topological polar surface area (TPSA) is 50.7 Å². The van der Waals surface area contributed by atoms with Crippen molar-refractivity contribution >= 4 is 0 Å². The van der Waals surface area contributed by atoms with Gasteiger partial charge < -0.3 is 19.9 Å². The Kier molecular flexibility index (Phi) is 7.24. The summed E-state index contributed by atoms with van der Waals surface area (Å²) < 4.78 is 11.0. The van der Waals surface area contributed by atoms with E-state index >= 15 is 0 Å². The quantitative estimate of drug-likeness (QED) is 0.568. The molecule has 0 aromatic heterocycles. The van der Waals surface area contributed by atoms with Crippen LogP contribution in [0.4, 0.5) is 0 Å². The Morgan fingerprint density at radius 1 is 1.33 bits per heavy atom. The molecule has 1 atom stereocenters. The van der Waals surface area contributed by atoms with Crippen molar-refractivity contribution < 1.29 is 14.6 Å². The number of terminal acetylenes is 1. The maximum Gasteiger partial charge on any atom is 0.124 e. The van der Waals surface area contributed by atoms with Crippen molar-refractivity contribution in [1.29, 1.82) is 0 Å². The van der Waals surface area contributed by atoms with Gasteiger partial charge in [-0.15, -0.1) is 6.42 Å². The van der Waals surface area contributed by atoms with Gasteiger partial charge in [-0.05, 0) is 26.8 Å². The lowest BCUT2D eigenvalue weighted by atomic mass is 10.1. The van der Waals surface area contributed by atoms with Crippen molar-refractivity contribution in [2.75, 3.05) is 19.8 Å². The van der Waals surface area contributed by atoms with Crippen molar-refractivity contribution in [3.63, 3.8) is 0 Å². The molecule has 4 nitrogen and oxygen atoms in total. The summed E-state index contributed by atoms with van der Waals surface area (Å²) in [5.74, 6) is 3.14. The molecule has 1 rings (SSSR count). The highest BCUT2D eigenvalue weighted by Crippen LogP contribution is 2.19. The normalized spacial score (nSPS) is 12.7. The number of hydrogen-bond acceptors (Lipinski definition) is 4. The number of hydrogen-bond donors (Lipinski definition) is 2. The van der Waals surface area contributed by atoms with Crippen LogP contribution in [0.3, 0.4) is 0 Å². The first kappa shape index (κ1) is 17.5. The Morgan fingerprint density at radius 3 is 2.71 bits per heavy atom. The van der Waals surface area contributed by atoms with E-state index in [9.17, 15) is 5.11 Å². The van der Waals surface area contributed by atoms with E-state index in [1.807, 2.05) is 24.3 Å². The zero-order valence-corrected chi connectivity index (χ0v) is 13.1. The Hall–Kier alpha value is -1.54. The van der Waals surface area contributed by atoms with Crippen LogP contribution in [0.1, 0.15) is 26.3 Å². The van der Waals surface area contributed by atoms with Gasteiger partial charge in [-0.25, -0.2) is 0 Å². The molecule has 0 saturated carbocycles. The third kappa shape index (κ3) is 7.72. The molecule has 0 aliphatic heterocycles. The maximum atomic E-state index is 9.93. The van der Waals surface area contributed by atoms with Crippen LogP contribution in [0.2, 0.25) is 0 Å². The fourth-order valence-electron chi connectivity index (χ4n) is 1.65. The second-order valence-electron chi connectivity index (χ2n) is 5.90. The number of rotatable bonds is 8. The summed E-state index contributed by atoms with van der Waals surface area (Å²) in [7, 11) is 0. The van der Waals surface area contributed by atoms with Crippen molar-refractivity contribution in [1.82, 2.24) is 5.32 Å². The monoisotopic (exact) mass is 291 g/mol. The second-order valence-corrected chi connectivity index (χ2v) is 5.90. The molecule has 1 aromatic carbocycles. The molecule has 0 heterocycles. The van der Waals surface area contributed by atoms with E-state index in [0.29, 0.717) is 18.9 Å². The van der Waals surface area contributed by atoms with Crippen LogP contribution in [0, 0.1) is 12.3 Å². The van der Waals surface area contributed by atoms with Gasteiger partial charge in [0.25, 0.3) is 0 Å². The molecule has 21 heavy (non-hydrogen) atoms. The van der Waals surface area contributed by atoms with Crippen LogP contribution in [-0.4, -0.2) is 36.5 Å². The first-order valence-electron chi connectivity index (χ1n) is 7.07. The summed E-state index contributed by atoms with van der Waals surface area (Å²) in [6, 6.07) is 7.59. The number of para-hydroxylation sites is 1. The Bertz CT molecular complexity index is 460. The number of nitrogens with one attached hydrogen (secondary N) is 1. The van der Waals surface area contributed by atoms with Gasteiger partial charge in [0.15, 0.2) is 0 Å². The minimum absolute atomic E-state index is 0.0258. The zero-order chi connectivity index (χ0) is 15.7. The molecule has 0 saturated heterocycles. The summed E-state index contributed by atoms with van der Waals surface area (Å²) in [5, 5.41) is 13.2. The molecule has 0 fully saturated rings. The maximum absolute atomic E-state index is 9.93. The number of β-amino-alcohol motifs (C(OH)–C–C–N with tert-alkyl or cyclic N) is 1. The molecule has 0 aliphatic rings. The number of benzene rings is 1. The largest absolute Gasteiger partial charge is 0.490 e. The van der Waals surface area contributed by atoms with Crippen LogP contribution >= 0.6 is 0 Å². The fourth-order valence-corrected chi connectivity index (χ4v) is 1.65. The first-order valence-corrected chi connectivity index (χ1v) is 7.07. The Balaban J connectivity index is 2.45. The van der Waals surface area contributed by atoms with E-state index < -0.39 is 6.10 Å². The van der Waals surface area contributed by atoms with Crippen molar-refractivity contribution in [3.05, 3.63) is 29.8 Å². The van der Waals surface area contributed by atoms with Crippen LogP contribution in [0.5, 0.6) is 5.75 Å². The molecular formula is C17H25NO3. The van der Waals surface area contributed by atoms with E-state index in [0.717, 1.165) is 5.56 Å². The average Bonchev–Trinajstić information content (AvgIpc) is 2.43. The highest BCUT2D eigenvalue weighted by Gasteiger charge is 2.13. The zero-order valence-electron chi connectivity index (χ0n) is 13.1. The molecule has 116 valence electrons. The van der Waals surface area contributed by atoms with E-state index in [4.69, 9.17) is 15.9 Å². The molecular weight excluding hydrogens is 266 g/mol. The molecule has 4 heteroatoms. The van der Waals surface area contributed by atoms with Crippen molar-refractivity contribution in [2.24, 2.45) is 0 Å². The minimum Gasteiger partial charge on any atom is -0.490 e. The summed E-state index contributed by atoms with van der Waals surface area (Å²) in [6.45, 7) is 7.55. The third-order valence-corrected chi connectivity index (χ3v) is 2.71. The molecule has 0 radical (unpaired) electrons. The van der Waals surface area contributed by atoms with E-state index in [2.05, 4.69) is 32.0 Å². The fraction of sp³-hybridized carbons (Fsp3) is 0.529. The van der Waals surface area contributed by atoms with Crippen LogP contribution in [-0.2, 0) is 11.3 Å². The lowest BCUT2D eigenvalue weighted by Crippen LogP contribution is -2.42. The van der Waals surface area contributed by atoms with E-state index in [1.54, 1.807) is 0 Å². The van der Waals surface area contributed by atoms with E-state index in [1.165, 1.54) is 0 Å². The smallest absolute Gasteiger partial charge is 0.124 e. The van der Waals surface area contributed by atoms with Gasteiger partial charge in [0.05, 0.1) is 6.61 Å². The van der Waals surface area contributed by atoms with Gasteiger partial charge in [0.1, 0.15) is 25.1 Å². The molecule has 1 unspecified atom stereocenters. The van der Waals surface area contributed by atoms with Gasteiger partial charge in [-0.1, -0.05) is 24.1 Å². The summed E-state index contributed by atoms with van der Waals surface area (Å²) in [5.41, 5.74) is 0.894. The molecule has 0 amide bonds. The minimum atomic E-state index is -0.566. The predicted octanol–water partition coefficient (Wildman–Crippen LogP) is 1.96. The lowest BCUT2D eigenvalue weighted by molar-refractivity contribution is 0.0967. The second kappa shape index (κ2) is 8.68. The van der Waals surface area contributed by atoms with Gasteiger partial charge in [0, 0.05) is 17.6 Å². The summed E-state index contributed by atoms with van der Waals surface area (Å²) in [4.78, 5) is 0. The van der Waals surface area contributed by atoms with Crippen LogP contribution in [0.25, 0.3) is 0 Å². The number of aliphatic hydroxyl groups is 1. The highest BCUT2D eigenvalue weighted by molar-refractivity contribution is 5.32. The van der Waals surface area contributed by atoms with Gasteiger partial charge in [-0.3, -0.25) is 0 Å². The van der Waals surface area contributed by atoms with Crippen LogP contribution in [0.15, 0.2) is 24.3 Å². The molecule has 0 aliphatic carbocycles. The lowest BCUT2D eigenvalue weighted by Gasteiger charge is -2.23. The van der Waals surface area contributed by atoms with Gasteiger partial charge in [0.2, 0.25) is 0 Å². The molecule has 2 N–H and O–H groups in total. The van der Waals surface area contributed by atoms with E-state index in [-0.39, 0.29) is 18.8 Å².